The van der Waals surface area contributed by atoms with Gasteiger partial charge in [-0.2, -0.15) is 4.31 Å². The van der Waals surface area contributed by atoms with E-state index in [1.165, 1.54) is 15.6 Å². The van der Waals surface area contributed by atoms with Crippen molar-refractivity contribution >= 4 is 55.0 Å². The fourth-order valence-electron chi connectivity index (χ4n) is 3.17. The molecule has 1 amide bonds. The molecule has 2 heterocycles. The van der Waals surface area contributed by atoms with E-state index in [9.17, 15) is 13.2 Å². The summed E-state index contributed by atoms with van der Waals surface area (Å²) in [4.78, 5) is 16.9. The highest BCUT2D eigenvalue weighted by Gasteiger charge is 2.27. The van der Waals surface area contributed by atoms with Crippen molar-refractivity contribution in [2.75, 3.05) is 25.0 Å². The van der Waals surface area contributed by atoms with E-state index in [0.29, 0.717) is 29.7 Å². The fraction of sp³-hybridized carbons (Fsp3) is 0.238. The second-order valence-electron chi connectivity index (χ2n) is 6.96. The van der Waals surface area contributed by atoms with Crippen LogP contribution in [0.25, 0.3) is 11.3 Å². The van der Waals surface area contributed by atoms with Crippen LogP contribution in [-0.2, 0) is 14.8 Å². The maximum Gasteiger partial charge on any atom is 0.264 e. The molecule has 10 heteroatoms. The Labute approximate surface area is 198 Å². The van der Waals surface area contributed by atoms with Gasteiger partial charge in [0.1, 0.15) is 5.75 Å². The number of nitrogens with zero attached hydrogens (tertiary/aromatic N) is 2. The van der Waals surface area contributed by atoms with Crippen LogP contribution in [-0.4, -0.2) is 43.3 Å². The number of aromatic nitrogens is 1. The zero-order chi connectivity index (χ0) is 21.8. The molecule has 1 saturated heterocycles. The Morgan fingerprint density at radius 1 is 1.10 bits per heavy atom. The van der Waals surface area contributed by atoms with E-state index < -0.39 is 10.0 Å². The molecule has 7 nitrogen and oxygen atoms in total. The van der Waals surface area contributed by atoms with E-state index in [-0.39, 0.29) is 17.4 Å². The lowest BCUT2D eigenvalue weighted by atomic mass is 10.2. The maximum absolute atomic E-state index is 12.6. The first-order chi connectivity index (χ1) is 14.9. The molecule has 162 valence electrons. The van der Waals surface area contributed by atoms with Gasteiger partial charge in [0.15, 0.2) is 11.7 Å². The van der Waals surface area contributed by atoms with Gasteiger partial charge in [0.25, 0.3) is 5.91 Å². The molecule has 0 saturated carbocycles. The predicted octanol–water partition coefficient (Wildman–Crippen LogP) is 4.22. The number of halogens is 1. The fourth-order valence-corrected chi connectivity index (χ4v) is 5.79. The van der Waals surface area contributed by atoms with E-state index in [1.807, 2.05) is 29.6 Å². The van der Waals surface area contributed by atoms with Crippen LogP contribution in [0.4, 0.5) is 5.13 Å². The van der Waals surface area contributed by atoms with Gasteiger partial charge in [0, 0.05) is 27.6 Å². The Morgan fingerprint density at radius 3 is 2.45 bits per heavy atom. The van der Waals surface area contributed by atoms with Crippen LogP contribution in [0.2, 0.25) is 0 Å². The van der Waals surface area contributed by atoms with Crippen LogP contribution in [0.3, 0.4) is 0 Å². The molecule has 4 rings (SSSR count). The maximum atomic E-state index is 12.6. The van der Waals surface area contributed by atoms with Crippen molar-refractivity contribution in [1.82, 2.24) is 9.29 Å². The third kappa shape index (κ3) is 5.43. The number of thiazole rings is 1. The van der Waals surface area contributed by atoms with E-state index in [4.69, 9.17) is 4.74 Å². The van der Waals surface area contributed by atoms with Crippen molar-refractivity contribution in [3.8, 4) is 17.0 Å². The highest BCUT2D eigenvalue weighted by atomic mass is 127. The van der Waals surface area contributed by atoms with Crippen LogP contribution >= 0.6 is 33.9 Å². The van der Waals surface area contributed by atoms with Gasteiger partial charge in [0.2, 0.25) is 10.0 Å². The van der Waals surface area contributed by atoms with Gasteiger partial charge in [-0.15, -0.1) is 11.3 Å². The Morgan fingerprint density at radius 2 is 1.77 bits per heavy atom. The first-order valence-corrected chi connectivity index (χ1v) is 13.1. The molecule has 3 aromatic rings. The number of nitrogens with one attached hydrogen (secondary N) is 1. The molecule has 1 aromatic heterocycles. The van der Waals surface area contributed by atoms with E-state index in [2.05, 4.69) is 32.9 Å². The molecule has 1 aliphatic rings. The lowest BCUT2D eigenvalue weighted by molar-refractivity contribution is -0.118. The highest BCUT2D eigenvalue weighted by Crippen LogP contribution is 2.27. The van der Waals surface area contributed by atoms with Gasteiger partial charge < -0.3 is 4.74 Å². The minimum atomic E-state index is -3.44. The van der Waals surface area contributed by atoms with Crippen LogP contribution < -0.4 is 10.1 Å². The molecule has 0 radical (unpaired) electrons. The number of ether oxygens (including phenoxy) is 1. The molecular weight excluding hydrogens is 549 g/mol. The number of carbonyl (C=O) groups excluding carboxylic acids is 1. The second-order valence-corrected chi connectivity index (χ2v) is 11.0. The molecule has 1 fully saturated rings. The smallest absolute Gasteiger partial charge is 0.264 e. The summed E-state index contributed by atoms with van der Waals surface area (Å²) in [7, 11) is -3.44. The number of anilines is 1. The van der Waals surface area contributed by atoms with Crippen LogP contribution in [0.5, 0.6) is 5.75 Å². The number of hydrogen-bond acceptors (Lipinski definition) is 6. The van der Waals surface area contributed by atoms with Crippen molar-refractivity contribution in [3.05, 3.63) is 57.5 Å². The van der Waals surface area contributed by atoms with E-state index in [0.717, 1.165) is 22.0 Å². The molecule has 0 unspecified atom stereocenters. The zero-order valence-electron chi connectivity index (χ0n) is 16.5. The summed E-state index contributed by atoms with van der Waals surface area (Å²) < 4.78 is 33.4. The van der Waals surface area contributed by atoms with Gasteiger partial charge in [-0.1, -0.05) is 12.1 Å². The van der Waals surface area contributed by atoms with Crippen LogP contribution in [0.1, 0.15) is 12.8 Å². The average Bonchev–Trinajstić information content (AvgIpc) is 3.46. The SMILES string of the molecule is O=C(COc1ccc(I)cc1)Nc1nc(-c2ccc(S(=O)(=O)N3CCCC3)cc2)cs1. The van der Waals surface area contributed by atoms with Gasteiger partial charge >= 0.3 is 0 Å². The third-order valence-corrected chi connectivity index (χ3v) is 8.18. The molecule has 0 atom stereocenters. The lowest BCUT2D eigenvalue weighted by Crippen LogP contribution is -2.27. The summed E-state index contributed by atoms with van der Waals surface area (Å²) in [5.74, 6) is 0.325. The largest absolute Gasteiger partial charge is 0.484 e. The topological polar surface area (TPSA) is 88.6 Å². The first kappa shape index (κ1) is 22.2. The molecule has 31 heavy (non-hydrogen) atoms. The van der Waals surface area contributed by atoms with Gasteiger partial charge in [-0.25, -0.2) is 13.4 Å². The van der Waals surface area contributed by atoms with Crippen LogP contribution in [0, 0.1) is 3.57 Å². The molecule has 0 bridgehead atoms. The Kier molecular flexibility index (Phi) is 6.89. The summed E-state index contributed by atoms with van der Waals surface area (Å²) in [6.07, 6.45) is 1.81. The lowest BCUT2D eigenvalue weighted by Gasteiger charge is -2.15. The number of sulfonamides is 1. The molecule has 0 spiro atoms. The first-order valence-electron chi connectivity index (χ1n) is 9.66. The van der Waals surface area contributed by atoms with Crippen molar-refractivity contribution in [3.63, 3.8) is 0 Å². The van der Waals surface area contributed by atoms with Crippen molar-refractivity contribution in [1.29, 1.82) is 0 Å². The van der Waals surface area contributed by atoms with Crippen molar-refractivity contribution in [2.24, 2.45) is 0 Å². The molecule has 1 N–H and O–H groups in total. The number of rotatable bonds is 7. The van der Waals surface area contributed by atoms with Gasteiger partial charge in [-0.05, 0) is 71.8 Å². The number of carbonyl (C=O) groups is 1. The zero-order valence-corrected chi connectivity index (χ0v) is 20.2. The van der Waals surface area contributed by atoms with Gasteiger partial charge in [0.05, 0.1) is 10.6 Å². The Hall–Kier alpha value is -2.02. The van der Waals surface area contributed by atoms with E-state index >= 15 is 0 Å². The predicted molar refractivity (Wildman–Crippen MR) is 129 cm³/mol. The molecule has 2 aromatic carbocycles. The minimum absolute atomic E-state index is 0.113. The summed E-state index contributed by atoms with van der Waals surface area (Å²) in [5.41, 5.74) is 1.45. The van der Waals surface area contributed by atoms with E-state index in [1.54, 1.807) is 24.3 Å². The van der Waals surface area contributed by atoms with Crippen molar-refractivity contribution in [2.45, 2.75) is 17.7 Å². The van der Waals surface area contributed by atoms with Crippen LogP contribution in [0.15, 0.2) is 58.8 Å². The highest BCUT2D eigenvalue weighted by molar-refractivity contribution is 14.1. The Bertz CT molecular complexity index is 1160. The Balaban J connectivity index is 1.37. The monoisotopic (exact) mass is 569 g/mol. The average molecular weight is 569 g/mol. The number of amides is 1. The molecule has 0 aliphatic carbocycles. The molecular formula is C21H20IN3O4S2. The molecule has 1 aliphatic heterocycles. The minimum Gasteiger partial charge on any atom is -0.484 e. The summed E-state index contributed by atoms with van der Waals surface area (Å²) in [6, 6.07) is 14.1. The van der Waals surface area contributed by atoms with Crippen molar-refractivity contribution < 1.29 is 17.9 Å². The normalized spacial score (nSPS) is 14.5. The summed E-state index contributed by atoms with van der Waals surface area (Å²) in [5, 5.41) is 5.00. The number of benzene rings is 2. The second kappa shape index (κ2) is 9.63. The quantitative estimate of drug-likeness (QED) is 0.431. The van der Waals surface area contributed by atoms with Gasteiger partial charge in [-0.3, -0.25) is 10.1 Å². The summed E-state index contributed by atoms with van der Waals surface area (Å²) in [6.45, 7) is 1.04. The standard InChI is InChI=1S/C21H20IN3O4S2/c22-16-5-7-17(8-6-16)29-13-20(26)24-21-23-19(14-30-21)15-3-9-18(10-4-15)31(27,28)25-11-1-2-12-25/h3-10,14H,1-2,11-13H2,(H,23,24,26). The summed E-state index contributed by atoms with van der Waals surface area (Å²) >= 11 is 3.50. The third-order valence-electron chi connectivity index (χ3n) is 4.79. The number of hydrogen-bond donors (Lipinski definition) is 1.